The van der Waals surface area contributed by atoms with Gasteiger partial charge >= 0.3 is 5.97 Å². The molecule has 1 saturated heterocycles. The summed E-state index contributed by atoms with van der Waals surface area (Å²) in [5.74, 6) is -0.323. The van der Waals surface area contributed by atoms with E-state index in [9.17, 15) is 9.59 Å². The Bertz CT molecular complexity index is 633. The predicted molar refractivity (Wildman–Crippen MR) is 110 cm³/mol. The van der Waals surface area contributed by atoms with Crippen LogP contribution in [0.4, 0.5) is 0 Å². The van der Waals surface area contributed by atoms with Gasteiger partial charge in [-0.1, -0.05) is 30.0 Å². The molecule has 0 unspecified atom stereocenters. The van der Waals surface area contributed by atoms with E-state index in [0.29, 0.717) is 35.3 Å². The van der Waals surface area contributed by atoms with E-state index >= 15 is 0 Å². The molecule has 9 heteroatoms. The third-order valence-corrected chi connectivity index (χ3v) is 5.45. The van der Waals surface area contributed by atoms with E-state index in [2.05, 4.69) is 0 Å². The lowest BCUT2D eigenvalue weighted by atomic mass is 10.3. The van der Waals surface area contributed by atoms with Gasteiger partial charge in [-0.2, -0.15) is 0 Å². The number of likely N-dealkylation sites (N-methyl/N-ethyl adjacent to an activating group) is 1. The fraction of sp³-hybridized carbons (Fsp3) is 0.438. The number of hydrogen-bond acceptors (Lipinski definition) is 7. The highest BCUT2D eigenvalue weighted by Crippen LogP contribution is 2.33. The summed E-state index contributed by atoms with van der Waals surface area (Å²) in [6.07, 6.45) is 2.69. The van der Waals surface area contributed by atoms with Gasteiger partial charge in [-0.3, -0.25) is 14.5 Å². The van der Waals surface area contributed by atoms with Crippen LogP contribution in [0.15, 0.2) is 22.4 Å². The number of thioether (sulfide) groups is 1. The minimum atomic E-state index is -0.239. The number of thiophene rings is 1. The van der Waals surface area contributed by atoms with Crippen molar-refractivity contribution >= 4 is 70.0 Å². The molecular formula is C16H21ClN2O3S3. The highest BCUT2D eigenvalue weighted by molar-refractivity contribution is 8.26. The smallest absolute Gasteiger partial charge is 0.305 e. The van der Waals surface area contributed by atoms with Crippen LogP contribution in [0, 0.1) is 0 Å². The summed E-state index contributed by atoms with van der Waals surface area (Å²) in [5.41, 5.74) is 0. The number of esters is 1. The van der Waals surface area contributed by atoms with Crippen molar-refractivity contribution in [3.8, 4) is 0 Å². The molecule has 1 aromatic heterocycles. The average Bonchev–Trinajstić information content (AvgIpc) is 3.11. The SMILES string of the molecule is CN(C)CCOC(=O)CCCN1C(=O)/C(=C\c2cccs2)SC1=S.Cl. The summed E-state index contributed by atoms with van der Waals surface area (Å²) in [5, 5.41) is 1.97. The summed E-state index contributed by atoms with van der Waals surface area (Å²) in [6.45, 7) is 1.53. The Kier molecular flexibility index (Phi) is 9.66. The van der Waals surface area contributed by atoms with Crippen LogP contribution in [0.25, 0.3) is 6.08 Å². The lowest BCUT2D eigenvalue weighted by Gasteiger charge is -2.14. The minimum absolute atomic E-state index is 0. The number of rotatable bonds is 8. The second-order valence-electron chi connectivity index (χ2n) is 5.48. The highest BCUT2D eigenvalue weighted by Gasteiger charge is 2.31. The summed E-state index contributed by atoms with van der Waals surface area (Å²) in [7, 11) is 3.85. The molecule has 0 bridgehead atoms. The van der Waals surface area contributed by atoms with Crippen molar-refractivity contribution in [2.45, 2.75) is 12.8 Å². The van der Waals surface area contributed by atoms with E-state index in [4.69, 9.17) is 17.0 Å². The van der Waals surface area contributed by atoms with Gasteiger partial charge in [0.05, 0.1) is 4.91 Å². The molecule has 0 saturated carbocycles. The largest absolute Gasteiger partial charge is 0.464 e. The van der Waals surface area contributed by atoms with Crippen LogP contribution < -0.4 is 0 Å². The fourth-order valence-electron chi connectivity index (χ4n) is 1.99. The van der Waals surface area contributed by atoms with Crippen LogP contribution in [0.3, 0.4) is 0 Å². The van der Waals surface area contributed by atoms with Crippen molar-refractivity contribution in [2.75, 3.05) is 33.8 Å². The zero-order valence-electron chi connectivity index (χ0n) is 14.1. The molecule has 0 spiro atoms. The second kappa shape index (κ2) is 10.9. The second-order valence-corrected chi connectivity index (χ2v) is 8.13. The number of carbonyl (C=O) groups excluding carboxylic acids is 2. The molecule has 2 heterocycles. The van der Waals surface area contributed by atoms with Crippen molar-refractivity contribution in [2.24, 2.45) is 0 Å². The van der Waals surface area contributed by atoms with Crippen LogP contribution >= 0.6 is 47.7 Å². The van der Waals surface area contributed by atoms with Crippen molar-refractivity contribution in [3.05, 3.63) is 27.3 Å². The van der Waals surface area contributed by atoms with Crippen LogP contribution in [0.5, 0.6) is 0 Å². The van der Waals surface area contributed by atoms with Gasteiger partial charge < -0.3 is 9.64 Å². The normalized spacial score (nSPS) is 15.8. The van der Waals surface area contributed by atoms with Crippen LogP contribution in [0.2, 0.25) is 0 Å². The molecule has 1 aromatic rings. The molecule has 1 aliphatic rings. The lowest BCUT2D eigenvalue weighted by Crippen LogP contribution is -2.29. The third kappa shape index (κ3) is 7.07. The number of carbonyl (C=O) groups is 2. The first-order valence-electron chi connectivity index (χ1n) is 7.56. The number of hydrogen-bond donors (Lipinski definition) is 0. The topological polar surface area (TPSA) is 49.9 Å². The Hall–Kier alpha value is -0.930. The molecule has 0 radical (unpaired) electrons. The van der Waals surface area contributed by atoms with E-state index in [0.717, 1.165) is 4.88 Å². The van der Waals surface area contributed by atoms with Crippen LogP contribution in [-0.2, 0) is 14.3 Å². The maximum Gasteiger partial charge on any atom is 0.305 e. The Morgan fingerprint density at radius 2 is 2.20 bits per heavy atom. The van der Waals surface area contributed by atoms with Gasteiger partial charge in [0.25, 0.3) is 5.91 Å². The fourth-order valence-corrected chi connectivity index (χ4v) is 4.02. The standard InChI is InChI=1S/C16H20N2O3S3.ClH/c1-17(2)8-9-21-14(19)6-3-7-18-15(20)13(24-16(18)22)11-12-5-4-10-23-12;/h4-5,10-11H,3,6-9H2,1-2H3;1H/b13-11+;. The average molecular weight is 421 g/mol. The maximum absolute atomic E-state index is 12.4. The van der Waals surface area contributed by atoms with E-state index in [1.807, 2.05) is 42.6 Å². The molecule has 5 nitrogen and oxygen atoms in total. The van der Waals surface area contributed by atoms with Crippen LogP contribution in [0.1, 0.15) is 17.7 Å². The number of amides is 1. The van der Waals surface area contributed by atoms with Gasteiger partial charge in [0, 0.05) is 24.4 Å². The summed E-state index contributed by atoms with van der Waals surface area (Å²) < 4.78 is 5.68. The Morgan fingerprint density at radius 1 is 1.44 bits per heavy atom. The van der Waals surface area contributed by atoms with E-state index in [1.165, 1.54) is 11.8 Å². The van der Waals surface area contributed by atoms with Crippen molar-refractivity contribution in [1.82, 2.24) is 9.80 Å². The van der Waals surface area contributed by atoms with E-state index in [-0.39, 0.29) is 30.7 Å². The first-order valence-corrected chi connectivity index (χ1v) is 9.67. The van der Waals surface area contributed by atoms with Gasteiger partial charge in [0.1, 0.15) is 10.9 Å². The zero-order chi connectivity index (χ0) is 17.5. The Balaban J connectivity index is 0.00000312. The van der Waals surface area contributed by atoms with Gasteiger partial charge in [-0.25, -0.2) is 0 Å². The molecule has 25 heavy (non-hydrogen) atoms. The monoisotopic (exact) mass is 420 g/mol. The van der Waals surface area contributed by atoms with Gasteiger partial charge in [-0.05, 0) is 38.0 Å². The molecule has 1 fully saturated rings. The molecule has 1 aliphatic heterocycles. The minimum Gasteiger partial charge on any atom is -0.464 e. The van der Waals surface area contributed by atoms with Crippen molar-refractivity contribution in [1.29, 1.82) is 0 Å². The van der Waals surface area contributed by atoms with Crippen molar-refractivity contribution in [3.63, 3.8) is 0 Å². The summed E-state index contributed by atoms with van der Waals surface area (Å²) in [4.78, 5) is 29.2. The molecule has 0 N–H and O–H groups in total. The Labute approximate surface area is 167 Å². The number of ether oxygens (including phenoxy) is 1. The maximum atomic E-state index is 12.4. The first-order chi connectivity index (χ1) is 11.5. The Morgan fingerprint density at radius 3 is 2.84 bits per heavy atom. The third-order valence-electron chi connectivity index (χ3n) is 3.25. The summed E-state index contributed by atoms with van der Waals surface area (Å²) in [6, 6.07) is 3.90. The molecular weight excluding hydrogens is 400 g/mol. The lowest BCUT2D eigenvalue weighted by molar-refractivity contribution is -0.144. The number of halogens is 1. The van der Waals surface area contributed by atoms with Gasteiger partial charge in [-0.15, -0.1) is 23.7 Å². The quantitative estimate of drug-likeness (QED) is 0.365. The van der Waals surface area contributed by atoms with E-state index in [1.54, 1.807) is 16.2 Å². The van der Waals surface area contributed by atoms with Gasteiger partial charge in [0.15, 0.2) is 0 Å². The number of nitrogens with zero attached hydrogens (tertiary/aromatic N) is 2. The zero-order valence-corrected chi connectivity index (χ0v) is 17.4. The molecule has 0 aromatic carbocycles. The van der Waals surface area contributed by atoms with Gasteiger partial charge in [0.2, 0.25) is 0 Å². The molecule has 1 amide bonds. The molecule has 0 atom stereocenters. The molecule has 0 aliphatic carbocycles. The molecule has 2 rings (SSSR count). The molecule has 138 valence electrons. The summed E-state index contributed by atoms with van der Waals surface area (Å²) >= 11 is 8.16. The van der Waals surface area contributed by atoms with Crippen LogP contribution in [-0.4, -0.2) is 59.8 Å². The van der Waals surface area contributed by atoms with E-state index < -0.39 is 0 Å². The van der Waals surface area contributed by atoms with Crippen molar-refractivity contribution < 1.29 is 14.3 Å². The first kappa shape index (κ1) is 22.1. The number of thiocarbonyl (C=S) groups is 1. The predicted octanol–water partition coefficient (Wildman–Crippen LogP) is 3.26. The highest BCUT2D eigenvalue weighted by atomic mass is 35.5.